The number of esters is 1. The summed E-state index contributed by atoms with van der Waals surface area (Å²) in [6.07, 6.45) is -3.93. The zero-order chi connectivity index (χ0) is 22.1. The van der Waals surface area contributed by atoms with E-state index in [-0.39, 0.29) is 19.2 Å². The van der Waals surface area contributed by atoms with E-state index in [9.17, 15) is 23.1 Å². The van der Waals surface area contributed by atoms with Crippen molar-refractivity contribution >= 4 is 17.7 Å². The van der Waals surface area contributed by atoms with Crippen molar-refractivity contribution in [2.75, 3.05) is 19.0 Å². The first-order valence-corrected chi connectivity index (χ1v) is 10.5. The lowest BCUT2D eigenvalue weighted by Crippen LogP contribution is -2.11. The van der Waals surface area contributed by atoms with Gasteiger partial charge in [0.1, 0.15) is 19.0 Å². The van der Waals surface area contributed by atoms with Crippen molar-refractivity contribution in [3.63, 3.8) is 0 Å². The zero-order valence-corrected chi connectivity index (χ0v) is 17.7. The molecule has 0 aliphatic rings. The predicted molar refractivity (Wildman–Crippen MR) is 110 cm³/mol. The number of halogens is 3. The second-order valence-corrected chi connectivity index (χ2v) is 7.91. The van der Waals surface area contributed by atoms with Gasteiger partial charge in [-0.25, -0.2) is 0 Å². The Bertz CT molecular complexity index is 822. The molecule has 164 valence electrons. The van der Waals surface area contributed by atoms with Gasteiger partial charge in [-0.15, -0.1) is 11.8 Å². The number of aliphatic hydroxyl groups is 1. The summed E-state index contributed by atoms with van der Waals surface area (Å²) in [4.78, 5) is 11.7. The molecule has 0 aliphatic heterocycles. The number of thioether (sulfide) groups is 1. The number of hydrogen-bond acceptors (Lipinski definition) is 5. The van der Waals surface area contributed by atoms with Crippen molar-refractivity contribution in [3.8, 4) is 5.75 Å². The Kier molecular flexibility index (Phi) is 9.05. The molecular weight excluding hydrogens is 417 g/mol. The van der Waals surface area contributed by atoms with E-state index >= 15 is 0 Å². The Labute approximate surface area is 178 Å². The van der Waals surface area contributed by atoms with Crippen LogP contribution in [0.15, 0.2) is 47.4 Å². The highest BCUT2D eigenvalue weighted by atomic mass is 32.2. The standard InChI is InChI=1S/C22H25F3O4S/c1-15-13-20(9-10-21(15)29-12-11-28-16(2)26)30-14-19(27)8-5-17-3-6-18(7-4-17)22(23,24)25/h3-4,6-7,9-10,13,19,27H,5,8,11-12,14H2,1-2H3. The van der Waals surface area contributed by atoms with Crippen LogP contribution in [0.5, 0.6) is 5.75 Å². The van der Waals surface area contributed by atoms with Crippen LogP contribution in [0.2, 0.25) is 0 Å². The van der Waals surface area contributed by atoms with Crippen molar-refractivity contribution in [1.29, 1.82) is 0 Å². The summed E-state index contributed by atoms with van der Waals surface area (Å²) >= 11 is 1.50. The summed E-state index contributed by atoms with van der Waals surface area (Å²) in [6, 6.07) is 10.7. The third-order valence-electron chi connectivity index (χ3n) is 4.28. The summed E-state index contributed by atoms with van der Waals surface area (Å²) in [5, 5.41) is 10.2. The Morgan fingerprint density at radius 3 is 2.43 bits per heavy atom. The minimum absolute atomic E-state index is 0.191. The van der Waals surface area contributed by atoms with Crippen LogP contribution in [-0.4, -0.2) is 36.1 Å². The molecule has 0 saturated heterocycles. The van der Waals surface area contributed by atoms with Gasteiger partial charge >= 0.3 is 12.1 Å². The van der Waals surface area contributed by atoms with Gasteiger partial charge in [-0.05, 0) is 61.2 Å². The smallest absolute Gasteiger partial charge is 0.416 e. The highest BCUT2D eigenvalue weighted by Crippen LogP contribution is 2.29. The van der Waals surface area contributed by atoms with Gasteiger partial charge in [0.25, 0.3) is 0 Å². The van der Waals surface area contributed by atoms with E-state index < -0.39 is 17.8 Å². The van der Waals surface area contributed by atoms with Crippen molar-refractivity contribution in [2.45, 2.75) is 43.9 Å². The molecule has 0 bridgehead atoms. The van der Waals surface area contributed by atoms with Crippen LogP contribution in [0, 0.1) is 6.92 Å². The Morgan fingerprint density at radius 1 is 1.13 bits per heavy atom. The third-order valence-corrected chi connectivity index (χ3v) is 5.42. The van der Waals surface area contributed by atoms with E-state index in [1.807, 2.05) is 25.1 Å². The van der Waals surface area contributed by atoms with E-state index in [1.165, 1.54) is 30.8 Å². The quantitative estimate of drug-likeness (QED) is 0.317. The number of ether oxygens (including phenoxy) is 2. The van der Waals surface area contributed by atoms with Crippen LogP contribution in [0.1, 0.15) is 30.0 Å². The lowest BCUT2D eigenvalue weighted by Gasteiger charge is -2.13. The number of benzene rings is 2. The van der Waals surface area contributed by atoms with Gasteiger partial charge in [0.05, 0.1) is 11.7 Å². The molecule has 8 heteroatoms. The molecule has 0 fully saturated rings. The van der Waals surface area contributed by atoms with Crippen molar-refractivity contribution in [2.24, 2.45) is 0 Å². The first kappa shape index (κ1) is 24.1. The number of carbonyl (C=O) groups excluding carboxylic acids is 1. The Hall–Kier alpha value is -2.19. The molecular formula is C22H25F3O4S. The molecule has 1 atom stereocenters. The van der Waals surface area contributed by atoms with Gasteiger partial charge in [-0.2, -0.15) is 13.2 Å². The van der Waals surface area contributed by atoms with Crippen LogP contribution in [0.4, 0.5) is 13.2 Å². The minimum atomic E-state index is -4.34. The predicted octanol–water partition coefficient (Wildman–Crippen LogP) is 5.04. The van der Waals surface area contributed by atoms with Crippen LogP contribution in [-0.2, 0) is 22.1 Å². The monoisotopic (exact) mass is 442 g/mol. The second kappa shape index (κ2) is 11.3. The molecule has 0 aliphatic carbocycles. The normalized spacial score (nSPS) is 12.5. The fourth-order valence-electron chi connectivity index (χ4n) is 2.68. The summed E-state index contributed by atoms with van der Waals surface area (Å²) in [5.74, 6) is 0.834. The highest BCUT2D eigenvalue weighted by Gasteiger charge is 2.29. The van der Waals surface area contributed by atoms with Crippen LogP contribution in [0.25, 0.3) is 0 Å². The SMILES string of the molecule is CC(=O)OCCOc1ccc(SCC(O)CCc2ccc(C(F)(F)F)cc2)cc1C. The molecule has 1 unspecified atom stereocenters. The van der Waals surface area contributed by atoms with Crippen molar-refractivity contribution in [1.82, 2.24) is 0 Å². The molecule has 0 aromatic heterocycles. The zero-order valence-electron chi connectivity index (χ0n) is 16.9. The average Bonchev–Trinajstić information content (AvgIpc) is 2.68. The number of carbonyl (C=O) groups is 1. The molecule has 1 N–H and O–H groups in total. The Morgan fingerprint density at radius 2 is 1.83 bits per heavy atom. The van der Waals surface area contributed by atoms with Crippen LogP contribution in [0.3, 0.4) is 0 Å². The van der Waals surface area contributed by atoms with Crippen molar-refractivity contribution in [3.05, 3.63) is 59.2 Å². The number of aryl methyl sites for hydroxylation is 2. The van der Waals surface area contributed by atoms with Crippen molar-refractivity contribution < 1.29 is 32.5 Å². The maximum atomic E-state index is 12.6. The van der Waals surface area contributed by atoms with Gasteiger partial charge in [-0.1, -0.05) is 12.1 Å². The van der Waals surface area contributed by atoms with Crippen LogP contribution < -0.4 is 4.74 Å². The second-order valence-electron chi connectivity index (χ2n) is 6.81. The molecule has 0 radical (unpaired) electrons. The molecule has 2 aromatic carbocycles. The van der Waals surface area contributed by atoms with E-state index in [4.69, 9.17) is 9.47 Å². The molecule has 0 heterocycles. The lowest BCUT2D eigenvalue weighted by molar-refractivity contribution is -0.141. The first-order valence-electron chi connectivity index (χ1n) is 9.49. The van der Waals surface area contributed by atoms with Gasteiger partial charge in [0.15, 0.2) is 0 Å². The lowest BCUT2D eigenvalue weighted by atomic mass is 10.1. The largest absolute Gasteiger partial charge is 0.490 e. The molecule has 0 spiro atoms. The molecule has 0 amide bonds. The summed E-state index contributed by atoms with van der Waals surface area (Å²) in [5.41, 5.74) is 1.02. The highest BCUT2D eigenvalue weighted by molar-refractivity contribution is 7.99. The van der Waals surface area contributed by atoms with Crippen LogP contribution >= 0.6 is 11.8 Å². The van der Waals surface area contributed by atoms with Gasteiger partial charge in [0.2, 0.25) is 0 Å². The third kappa shape index (κ3) is 8.28. The average molecular weight is 442 g/mol. The number of aliphatic hydroxyl groups excluding tert-OH is 1. The van der Waals surface area contributed by atoms with Gasteiger partial charge in [-0.3, -0.25) is 4.79 Å². The minimum Gasteiger partial charge on any atom is -0.490 e. The maximum absolute atomic E-state index is 12.6. The topological polar surface area (TPSA) is 55.8 Å². The molecule has 4 nitrogen and oxygen atoms in total. The summed E-state index contributed by atoms with van der Waals surface area (Å²) < 4.78 is 48.2. The molecule has 2 aromatic rings. The Balaban J connectivity index is 1.75. The van der Waals surface area contributed by atoms with E-state index in [0.29, 0.717) is 24.3 Å². The molecule has 0 saturated carbocycles. The fraction of sp³-hybridized carbons (Fsp3) is 0.409. The summed E-state index contributed by atoms with van der Waals surface area (Å²) in [6.45, 7) is 3.72. The maximum Gasteiger partial charge on any atom is 0.416 e. The number of hydrogen-bond donors (Lipinski definition) is 1. The molecule has 30 heavy (non-hydrogen) atoms. The van der Waals surface area contributed by atoms with E-state index in [2.05, 4.69) is 0 Å². The fourth-order valence-corrected chi connectivity index (χ4v) is 3.66. The van der Waals surface area contributed by atoms with E-state index in [1.54, 1.807) is 0 Å². The first-order chi connectivity index (χ1) is 14.1. The number of alkyl halides is 3. The molecule has 2 rings (SSSR count). The van der Waals surface area contributed by atoms with Gasteiger partial charge in [0, 0.05) is 17.6 Å². The summed E-state index contributed by atoms with van der Waals surface area (Å²) in [7, 11) is 0. The van der Waals surface area contributed by atoms with E-state index in [0.717, 1.165) is 28.2 Å². The van der Waals surface area contributed by atoms with Gasteiger partial charge < -0.3 is 14.6 Å². The number of rotatable bonds is 10.